The molecule has 0 aliphatic heterocycles. The van der Waals surface area contributed by atoms with Crippen molar-refractivity contribution in [2.75, 3.05) is 11.9 Å². The second kappa shape index (κ2) is 10.0. The monoisotopic (exact) mass is 488 g/mol. The maximum Gasteiger partial charge on any atom is 0.338 e. The van der Waals surface area contributed by atoms with Crippen LogP contribution < -0.4 is 15.2 Å². The van der Waals surface area contributed by atoms with Crippen LogP contribution in [0.1, 0.15) is 21.5 Å². The van der Waals surface area contributed by atoms with E-state index in [0.717, 1.165) is 11.6 Å². The lowest BCUT2D eigenvalue weighted by atomic mass is 10.1. The fourth-order valence-corrected chi connectivity index (χ4v) is 3.53. The zero-order valence-corrected chi connectivity index (χ0v) is 19.4. The van der Waals surface area contributed by atoms with Gasteiger partial charge in [0, 0.05) is 5.02 Å². The normalized spacial score (nSPS) is 11.0. The van der Waals surface area contributed by atoms with E-state index >= 15 is 0 Å². The molecular weight excluding hydrogens is 468 g/mol. The Kier molecular flexibility index (Phi) is 7.37. The molecular formula is C23H21ClN2O6S. The zero-order chi connectivity index (χ0) is 24.2. The topological polar surface area (TPSA) is 125 Å². The molecule has 0 saturated heterocycles. The van der Waals surface area contributed by atoms with Crippen LogP contribution in [0.3, 0.4) is 0 Å². The van der Waals surface area contributed by atoms with Gasteiger partial charge in [-0.25, -0.2) is 18.4 Å². The van der Waals surface area contributed by atoms with Crippen molar-refractivity contribution in [3.8, 4) is 11.5 Å². The van der Waals surface area contributed by atoms with Gasteiger partial charge in [0.05, 0.1) is 16.1 Å². The highest BCUT2D eigenvalue weighted by Gasteiger charge is 2.18. The molecule has 3 rings (SSSR count). The van der Waals surface area contributed by atoms with Gasteiger partial charge in [-0.05, 0) is 61.9 Å². The van der Waals surface area contributed by atoms with E-state index in [1.165, 1.54) is 18.2 Å². The predicted molar refractivity (Wildman–Crippen MR) is 124 cm³/mol. The first-order valence-electron chi connectivity index (χ1n) is 9.67. The summed E-state index contributed by atoms with van der Waals surface area (Å²) >= 11 is 6.05. The summed E-state index contributed by atoms with van der Waals surface area (Å²) in [5, 5.41) is 8.07. The average molecular weight is 489 g/mol. The second-order valence-electron chi connectivity index (χ2n) is 7.20. The van der Waals surface area contributed by atoms with Crippen LogP contribution in [0.5, 0.6) is 11.5 Å². The van der Waals surface area contributed by atoms with Crippen LogP contribution in [0, 0.1) is 13.8 Å². The largest absolute Gasteiger partial charge is 0.455 e. The van der Waals surface area contributed by atoms with Crippen LogP contribution in [-0.4, -0.2) is 26.9 Å². The van der Waals surface area contributed by atoms with Crippen molar-refractivity contribution in [3.05, 3.63) is 82.4 Å². The molecule has 3 N–H and O–H groups in total. The number of aryl methyl sites for hydroxylation is 2. The lowest BCUT2D eigenvalue weighted by Gasteiger charge is -2.13. The van der Waals surface area contributed by atoms with Gasteiger partial charge >= 0.3 is 5.97 Å². The van der Waals surface area contributed by atoms with E-state index < -0.39 is 28.5 Å². The van der Waals surface area contributed by atoms with Gasteiger partial charge in [-0.1, -0.05) is 35.4 Å². The SMILES string of the molecule is Cc1ccc(Oc2ccc(Cl)cc2NC(=O)COC(=O)c2cc(S(N)(=O)=O)ccc2C)cc1. The van der Waals surface area contributed by atoms with Gasteiger partial charge in [0.25, 0.3) is 5.91 Å². The Labute approximate surface area is 196 Å². The average Bonchev–Trinajstić information content (AvgIpc) is 2.75. The van der Waals surface area contributed by atoms with Gasteiger partial charge in [-0.2, -0.15) is 0 Å². The molecule has 0 bridgehead atoms. The van der Waals surface area contributed by atoms with Crippen molar-refractivity contribution in [2.45, 2.75) is 18.7 Å². The Bertz CT molecular complexity index is 1310. The maximum absolute atomic E-state index is 12.4. The molecule has 172 valence electrons. The molecule has 3 aromatic carbocycles. The number of ether oxygens (including phenoxy) is 2. The number of amides is 1. The van der Waals surface area contributed by atoms with Crippen LogP contribution in [0.25, 0.3) is 0 Å². The van der Waals surface area contributed by atoms with E-state index in [2.05, 4.69) is 5.32 Å². The van der Waals surface area contributed by atoms with Crippen molar-refractivity contribution in [3.63, 3.8) is 0 Å². The number of rotatable bonds is 7. The molecule has 8 nitrogen and oxygen atoms in total. The number of benzene rings is 3. The maximum atomic E-state index is 12.4. The Hall–Kier alpha value is -3.40. The molecule has 10 heteroatoms. The lowest BCUT2D eigenvalue weighted by Crippen LogP contribution is -2.22. The molecule has 3 aromatic rings. The molecule has 0 fully saturated rings. The fraction of sp³-hybridized carbons (Fsp3) is 0.130. The van der Waals surface area contributed by atoms with Gasteiger partial charge < -0.3 is 14.8 Å². The van der Waals surface area contributed by atoms with Crippen LogP contribution in [-0.2, 0) is 19.6 Å². The first-order chi connectivity index (χ1) is 15.5. The van der Waals surface area contributed by atoms with E-state index in [1.807, 2.05) is 19.1 Å². The van der Waals surface area contributed by atoms with Crippen molar-refractivity contribution in [2.24, 2.45) is 5.14 Å². The quantitative estimate of drug-likeness (QED) is 0.480. The lowest BCUT2D eigenvalue weighted by molar-refractivity contribution is -0.119. The molecule has 0 aliphatic rings. The van der Waals surface area contributed by atoms with Crippen LogP contribution in [0.15, 0.2) is 65.6 Å². The molecule has 0 aromatic heterocycles. The Balaban J connectivity index is 1.69. The summed E-state index contributed by atoms with van der Waals surface area (Å²) in [5.74, 6) is -0.593. The second-order valence-corrected chi connectivity index (χ2v) is 9.20. The summed E-state index contributed by atoms with van der Waals surface area (Å²) < 4.78 is 33.9. The number of carbonyl (C=O) groups is 2. The van der Waals surface area contributed by atoms with Gasteiger partial charge in [0.1, 0.15) is 5.75 Å². The van der Waals surface area contributed by atoms with E-state index in [4.69, 9.17) is 26.2 Å². The predicted octanol–water partition coefficient (Wildman–Crippen LogP) is 4.19. The molecule has 0 unspecified atom stereocenters. The number of nitrogens with two attached hydrogens (primary N) is 1. The van der Waals surface area contributed by atoms with Crippen molar-refractivity contribution >= 4 is 39.2 Å². The van der Waals surface area contributed by atoms with E-state index in [9.17, 15) is 18.0 Å². The Morgan fingerprint density at radius 3 is 2.36 bits per heavy atom. The van der Waals surface area contributed by atoms with Gasteiger partial charge in [-0.15, -0.1) is 0 Å². The molecule has 0 radical (unpaired) electrons. The van der Waals surface area contributed by atoms with Gasteiger partial charge in [-0.3, -0.25) is 4.79 Å². The molecule has 0 spiro atoms. The smallest absolute Gasteiger partial charge is 0.338 e. The first-order valence-corrected chi connectivity index (χ1v) is 11.6. The highest BCUT2D eigenvalue weighted by atomic mass is 35.5. The minimum absolute atomic E-state index is 0.0135. The molecule has 1 amide bonds. The number of anilines is 1. The van der Waals surface area contributed by atoms with E-state index in [0.29, 0.717) is 22.1 Å². The molecule has 0 atom stereocenters. The summed E-state index contributed by atoms with van der Waals surface area (Å²) in [4.78, 5) is 24.6. The Morgan fingerprint density at radius 2 is 1.70 bits per heavy atom. The molecule has 0 saturated carbocycles. The summed E-state index contributed by atoms with van der Waals surface area (Å²) in [6, 6.07) is 15.9. The summed E-state index contributed by atoms with van der Waals surface area (Å²) in [7, 11) is -4.00. The van der Waals surface area contributed by atoms with Crippen molar-refractivity contribution in [1.82, 2.24) is 0 Å². The summed E-state index contributed by atoms with van der Waals surface area (Å²) in [6.45, 7) is 2.93. The minimum Gasteiger partial charge on any atom is -0.455 e. The number of carbonyl (C=O) groups excluding carboxylic acids is 2. The fourth-order valence-electron chi connectivity index (χ4n) is 2.82. The van der Waals surface area contributed by atoms with Crippen molar-refractivity contribution < 1.29 is 27.5 Å². The minimum atomic E-state index is -4.00. The number of esters is 1. The third-order valence-electron chi connectivity index (χ3n) is 4.56. The zero-order valence-electron chi connectivity index (χ0n) is 17.8. The number of halogens is 1. The highest BCUT2D eigenvalue weighted by Crippen LogP contribution is 2.32. The highest BCUT2D eigenvalue weighted by molar-refractivity contribution is 7.89. The number of sulfonamides is 1. The third kappa shape index (κ3) is 6.55. The summed E-state index contributed by atoms with van der Waals surface area (Å²) in [6.07, 6.45) is 0. The van der Waals surface area contributed by atoms with Gasteiger partial charge in [0.15, 0.2) is 12.4 Å². The first kappa shape index (κ1) is 24.2. The van der Waals surface area contributed by atoms with Crippen LogP contribution in [0.4, 0.5) is 5.69 Å². The van der Waals surface area contributed by atoms with E-state index in [-0.39, 0.29) is 16.1 Å². The number of hydrogen-bond donors (Lipinski definition) is 2. The standard InChI is InChI=1S/C23H21ClN2O6S/c1-14-3-7-17(8-4-14)32-21-10-6-16(24)11-20(21)26-22(27)13-31-23(28)19-12-18(33(25,29)30)9-5-15(19)2/h3-12H,13H2,1-2H3,(H,26,27)(H2,25,29,30). The van der Waals surface area contributed by atoms with Crippen LogP contribution >= 0.6 is 11.6 Å². The number of nitrogens with one attached hydrogen (secondary N) is 1. The van der Waals surface area contributed by atoms with Crippen LogP contribution in [0.2, 0.25) is 5.02 Å². The van der Waals surface area contributed by atoms with E-state index in [1.54, 1.807) is 31.2 Å². The van der Waals surface area contributed by atoms with Crippen molar-refractivity contribution in [1.29, 1.82) is 0 Å². The Morgan fingerprint density at radius 1 is 1.00 bits per heavy atom. The molecule has 0 aliphatic carbocycles. The number of hydrogen-bond acceptors (Lipinski definition) is 6. The van der Waals surface area contributed by atoms with Gasteiger partial charge in [0.2, 0.25) is 10.0 Å². The summed E-state index contributed by atoms with van der Waals surface area (Å²) in [5.41, 5.74) is 1.81. The third-order valence-corrected chi connectivity index (χ3v) is 5.70. The molecule has 0 heterocycles. The number of primary sulfonamides is 1. The molecule has 33 heavy (non-hydrogen) atoms.